The second kappa shape index (κ2) is 3.73. The Morgan fingerprint density at radius 3 is 3.25 bits per heavy atom. The topological polar surface area (TPSA) is 24.5 Å². The quantitative estimate of drug-likeness (QED) is 0.596. The van der Waals surface area contributed by atoms with Crippen molar-refractivity contribution in [3.63, 3.8) is 0 Å². The van der Waals surface area contributed by atoms with Crippen LogP contribution in [0.25, 0.3) is 0 Å². The first-order chi connectivity index (χ1) is 5.90. The Labute approximate surface area is 74.1 Å². The molecule has 0 amide bonds. The number of nitrogens with one attached hydrogen (secondary N) is 1. The van der Waals surface area contributed by atoms with Gasteiger partial charge >= 0.3 is 0 Å². The van der Waals surface area contributed by atoms with E-state index in [9.17, 15) is 0 Å². The lowest BCUT2D eigenvalue weighted by molar-refractivity contribution is 0.0572. The average Bonchev–Trinajstić information content (AvgIpc) is 2.43. The van der Waals surface area contributed by atoms with Gasteiger partial charge in [-0.1, -0.05) is 6.92 Å². The molecule has 0 aliphatic carbocycles. The Kier molecular flexibility index (Phi) is 2.63. The molecule has 0 saturated carbocycles. The minimum absolute atomic E-state index is 0.488. The first kappa shape index (κ1) is 8.48. The zero-order valence-electron chi connectivity index (χ0n) is 7.75. The van der Waals surface area contributed by atoms with Crippen molar-refractivity contribution in [1.82, 2.24) is 10.2 Å². The van der Waals surface area contributed by atoms with Crippen LogP contribution in [0.5, 0.6) is 0 Å². The SMILES string of the molecule is CCN1CCO[C@@H]2CNC[C@@H]2C1. The first-order valence-electron chi connectivity index (χ1n) is 4.95. The van der Waals surface area contributed by atoms with E-state index in [2.05, 4.69) is 17.1 Å². The summed E-state index contributed by atoms with van der Waals surface area (Å²) >= 11 is 0. The molecule has 0 bridgehead atoms. The van der Waals surface area contributed by atoms with E-state index in [0.29, 0.717) is 6.10 Å². The smallest absolute Gasteiger partial charge is 0.0752 e. The molecule has 0 aromatic heterocycles. The van der Waals surface area contributed by atoms with Gasteiger partial charge in [0.15, 0.2) is 0 Å². The van der Waals surface area contributed by atoms with Crippen molar-refractivity contribution in [2.75, 3.05) is 39.3 Å². The van der Waals surface area contributed by atoms with Crippen LogP contribution in [0.3, 0.4) is 0 Å². The average molecular weight is 170 g/mol. The molecule has 2 fully saturated rings. The molecule has 2 aliphatic rings. The lowest BCUT2D eigenvalue weighted by Crippen LogP contribution is -2.32. The fraction of sp³-hybridized carbons (Fsp3) is 1.00. The summed E-state index contributed by atoms with van der Waals surface area (Å²) in [5.74, 6) is 0.729. The highest BCUT2D eigenvalue weighted by atomic mass is 16.5. The van der Waals surface area contributed by atoms with E-state index in [1.54, 1.807) is 0 Å². The van der Waals surface area contributed by atoms with E-state index in [1.807, 2.05) is 0 Å². The van der Waals surface area contributed by atoms with Crippen molar-refractivity contribution >= 4 is 0 Å². The number of hydrogen-bond donors (Lipinski definition) is 1. The standard InChI is InChI=1S/C9H18N2O/c1-2-11-3-4-12-9-6-10-5-8(9)7-11/h8-10H,2-7H2,1H3/t8-,9-/m1/s1. The number of ether oxygens (including phenoxy) is 1. The van der Waals surface area contributed by atoms with E-state index in [4.69, 9.17) is 4.74 Å². The summed E-state index contributed by atoms with van der Waals surface area (Å²) in [7, 11) is 0. The van der Waals surface area contributed by atoms with E-state index in [0.717, 1.165) is 38.7 Å². The van der Waals surface area contributed by atoms with Gasteiger partial charge in [0.2, 0.25) is 0 Å². The van der Waals surface area contributed by atoms with E-state index >= 15 is 0 Å². The van der Waals surface area contributed by atoms with Crippen LogP contribution in [0.2, 0.25) is 0 Å². The summed E-state index contributed by atoms with van der Waals surface area (Å²) in [5, 5.41) is 3.39. The molecule has 0 spiro atoms. The predicted octanol–water partition coefficient (Wildman–Crippen LogP) is -0.0735. The van der Waals surface area contributed by atoms with Crippen molar-refractivity contribution in [1.29, 1.82) is 0 Å². The van der Waals surface area contributed by atoms with Gasteiger partial charge in [-0.05, 0) is 6.54 Å². The lowest BCUT2D eigenvalue weighted by atomic mass is 10.1. The first-order valence-corrected chi connectivity index (χ1v) is 4.95. The largest absolute Gasteiger partial charge is 0.375 e. The normalized spacial score (nSPS) is 37.8. The number of rotatable bonds is 1. The molecular weight excluding hydrogens is 152 g/mol. The summed E-state index contributed by atoms with van der Waals surface area (Å²) < 4.78 is 5.75. The van der Waals surface area contributed by atoms with Gasteiger partial charge in [0.05, 0.1) is 12.7 Å². The summed E-state index contributed by atoms with van der Waals surface area (Å²) in [6.07, 6.45) is 0.488. The monoisotopic (exact) mass is 170 g/mol. The van der Waals surface area contributed by atoms with Crippen molar-refractivity contribution in [3.05, 3.63) is 0 Å². The molecule has 2 rings (SSSR count). The number of hydrogen-bond acceptors (Lipinski definition) is 3. The number of fused-ring (bicyclic) bond motifs is 1. The lowest BCUT2D eigenvalue weighted by Gasteiger charge is -2.20. The zero-order chi connectivity index (χ0) is 8.39. The molecule has 0 aromatic rings. The van der Waals surface area contributed by atoms with Crippen LogP contribution in [-0.2, 0) is 4.74 Å². The van der Waals surface area contributed by atoms with Gasteiger partial charge in [0, 0.05) is 32.1 Å². The summed E-state index contributed by atoms with van der Waals surface area (Å²) in [6.45, 7) is 8.83. The van der Waals surface area contributed by atoms with Gasteiger partial charge in [-0.3, -0.25) is 0 Å². The van der Waals surface area contributed by atoms with Crippen LogP contribution in [-0.4, -0.2) is 50.3 Å². The van der Waals surface area contributed by atoms with Crippen LogP contribution in [0, 0.1) is 5.92 Å². The molecule has 0 aromatic carbocycles. The number of nitrogens with zero attached hydrogens (tertiary/aromatic N) is 1. The van der Waals surface area contributed by atoms with Gasteiger partial charge in [0.25, 0.3) is 0 Å². The molecular formula is C9H18N2O. The molecule has 1 N–H and O–H groups in total. The van der Waals surface area contributed by atoms with Gasteiger partial charge in [-0.25, -0.2) is 0 Å². The second-order valence-corrected chi connectivity index (χ2v) is 3.72. The molecule has 2 atom stereocenters. The van der Waals surface area contributed by atoms with Gasteiger partial charge in [0.1, 0.15) is 0 Å². The maximum absolute atomic E-state index is 5.75. The Hall–Kier alpha value is -0.120. The summed E-state index contributed by atoms with van der Waals surface area (Å²) in [5.41, 5.74) is 0. The highest BCUT2D eigenvalue weighted by molar-refractivity contribution is 4.85. The van der Waals surface area contributed by atoms with E-state index < -0.39 is 0 Å². The van der Waals surface area contributed by atoms with Gasteiger partial charge < -0.3 is 15.0 Å². The summed E-state index contributed by atoms with van der Waals surface area (Å²) in [6, 6.07) is 0. The molecule has 3 heteroatoms. The van der Waals surface area contributed by atoms with Crippen LogP contribution >= 0.6 is 0 Å². The van der Waals surface area contributed by atoms with Crippen LogP contribution in [0.4, 0.5) is 0 Å². The Morgan fingerprint density at radius 2 is 2.42 bits per heavy atom. The minimum atomic E-state index is 0.488. The maximum atomic E-state index is 5.75. The minimum Gasteiger partial charge on any atom is -0.375 e. The van der Waals surface area contributed by atoms with Crippen molar-refractivity contribution < 1.29 is 4.74 Å². The third-order valence-electron chi connectivity index (χ3n) is 2.96. The molecule has 2 aliphatic heterocycles. The van der Waals surface area contributed by atoms with Crippen molar-refractivity contribution in [3.8, 4) is 0 Å². The molecule has 70 valence electrons. The fourth-order valence-electron chi connectivity index (χ4n) is 2.13. The summed E-state index contributed by atoms with van der Waals surface area (Å²) in [4.78, 5) is 2.48. The predicted molar refractivity (Wildman–Crippen MR) is 48.2 cm³/mol. The van der Waals surface area contributed by atoms with Crippen molar-refractivity contribution in [2.45, 2.75) is 13.0 Å². The maximum Gasteiger partial charge on any atom is 0.0752 e. The molecule has 2 saturated heterocycles. The Balaban J connectivity index is 1.94. The van der Waals surface area contributed by atoms with Gasteiger partial charge in [-0.2, -0.15) is 0 Å². The Morgan fingerprint density at radius 1 is 1.50 bits per heavy atom. The van der Waals surface area contributed by atoms with E-state index in [1.165, 1.54) is 6.54 Å². The third kappa shape index (κ3) is 1.63. The zero-order valence-corrected chi connectivity index (χ0v) is 7.75. The number of likely N-dealkylation sites (N-methyl/N-ethyl adjacent to an activating group) is 1. The molecule has 12 heavy (non-hydrogen) atoms. The van der Waals surface area contributed by atoms with Crippen LogP contribution in [0.15, 0.2) is 0 Å². The molecule has 2 heterocycles. The van der Waals surface area contributed by atoms with Crippen LogP contribution < -0.4 is 5.32 Å². The van der Waals surface area contributed by atoms with Gasteiger partial charge in [-0.15, -0.1) is 0 Å². The molecule has 3 nitrogen and oxygen atoms in total. The van der Waals surface area contributed by atoms with E-state index in [-0.39, 0.29) is 0 Å². The van der Waals surface area contributed by atoms with Crippen LogP contribution in [0.1, 0.15) is 6.92 Å². The highest BCUT2D eigenvalue weighted by Gasteiger charge is 2.31. The Bertz CT molecular complexity index is 151. The van der Waals surface area contributed by atoms with Crippen molar-refractivity contribution in [2.24, 2.45) is 5.92 Å². The highest BCUT2D eigenvalue weighted by Crippen LogP contribution is 2.17. The third-order valence-corrected chi connectivity index (χ3v) is 2.96. The second-order valence-electron chi connectivity index (χ2n) is 3.72. The molecule has 0 unspecified atom stereocenters. The fourth-order valence-corrected chi connectivity index (χ4v) is 2.13. The molecule has 0 radical (unpaired) electrons.